The highest BCUT2D eigenvalue weighted by Crippen LogP contribution is 2.08. The molecule has 16 heavy (non-hydrogen) atoms. The zero-order valence-corrected chi connectivity index (χ0v) is 10.4. The molecule has 0 bridgehead atoms. The number of likely N-dealkylation sites (N-methyl/N-ethyl adjacent to an activating group) is 1. The van der Waals surface area contributed by atoms with Crippen molar-refractivity contribution in [3.05, 3.63) is 0 Å². The van der Waals surface area contributed by atoms with E-state index in [1.54, 1.807) is 7.05 Å². The van der Waals surface area contributed by atoms with E-state index in [1.165, 1.54) is 0 Å². The third kappa shape index (κ3) is 4.03. The summed E-state index contributed by atoms with van der Waals surface area (Å²) in [6.45, 7) is 2.77. The Labute approximate surface area is 101 Å². The fourth-order valence-electron chi connectivity index (χ4n) is 1.77. The average molecular weight is 245 g/mol. The van der Waals surface area contributed by atoms with Gasteiger partial charge in [0.2, 0.25) is 5.91 Å². The minimum atomic E-state index is -0.176. The Morgan fingerprint density at radius 3 is 3.06 bits per heavy atom. The summed E-state index contributed by atoms with van der Waals surface area (Å²) < 4.78 is 5.31. The SMILES string of the molecule is CNC(=O)C1COCCN1CCCC(N)=S. The molecule has 5 nitrogen and oxygen atoms in total. The summed E-state index contributed by atoms with van der Waals surface area (Å²) in [6.07, 6.45) is 1.62. The van der Waals surface area contributed by atoms with E-state index in [0.29, 0.717) is 18.2 Å². The van der Waals surface area contributed by atoms with Gasteiger partial charge in [0, 0.05) is 13.6 Å². The largest absolute Gasteiger partial charge is 0.393 e. The topological polar surface area (TPSA) is 67.6 Å². The molecule has 1 saturated heterocycles. The smallest absolute Gasteiger partial charge is 0.239 e. The molecule has 3 N–H and O–H groups in total. The van der Waals surface area contributed by atoms with Gasteiger partial charge in [0.15, 0.2) is 0 Å². The van der Waals surface area contributed by atoms with Crippen molar-refractivity contribution in [2.24, 2.45) is 5.73 Å². The van der Waals surface area contributed by atoms with Crippen molar-refractivity contribution in [2.45, 2.75) is 18.9 Å². The zero-order valence-electron chi connectivity index (χ0n) is 9.57. The predicted octanol–water partition coefficient (Wildman–Crippen LogP) is -0.500. The first-order valence-corrected chi connectivity index (χ1v) is 5.87. The number of hydrogen-bond donors (Lipinski definition) is 2. The number of nitrogens with two attached hydrogens (primary N) is 1. The van der Waals surface area contributed by atoms with E-state index < -0.39 is 0 Å². The van der Waals surface area contributed by atoms with Crippen LogP contribution < -0.4 is 11.1 Å². The highest BCUT2D eigenvalue weighted by atomic mass is 32.1. The fourth-order valence-corrected chi connectivity index (χ4v) is 1.91. The van der Waals surface area contributed by atoms with E-state index in [1.807, 2.05) is 0 Å². The lowest BCUT2D eigenvalue weighted by Gasteiger charge is -2.34. The molecule has 1 fully saturated rings. The van der Waals surface area contributed by atoms with E-state index in [9.17, 15) is 4.79 Å². The van der Waals surface area contributed by atoms with Gasteiger partial charge in [0.1, 0.15) is 6.04 Å². The molecular formula is C10H19N3O2S. The first kappa shape index (κ1) is 13.3. The molecule has 92 valence electrons. The van der Waals surface area contributed by atoms with Crippen LogP contribution in [0.1, 0.15) is 12.8 Å². The number of nitrogens with one attached hydrogen (secondary N) is 1. The molecule has 1 amide bonds. The number of carbonyl (C=O) groups is 1. The van der Waals surface area contributed by atoms with E-state index in [-0.39, 0.29) is 11.9 Å². The molecule has 1 rings (SSSR count). The van der Waals surface area contributed by atoms with E-state index >= 15 is 0 Å². The summed E-state index contributed by atoms with van der Waals surface area (Å²) >= 11 is 4.82. The first-order chi connectivity index (χ1) is 7.65. The Bertz CT molecular complexity index is 260. The summed E-state index contributed by atoms with van der Waals surface area (Å²) in [7, 11) is 1.64. The van der Waals surface area contributed by atoms with Crippen LogP contribution in [0.5, 0.6) is 0 Å². The molecule has 0 aliphatic carbocycles. The van der Waals surface area contributed by atoms with Crippen LogP contribution in [0, 0.1) is 0 Å². The second-order valence-electron chi connectivity index (χ2n) is 3.81. The van der Waals surface area contributed by atoms with Gasteiger partial charge in [-0.3, -0.25) is 9.69 Å². The summed E-state index contributed by atoms with van der Waals surface area (Å²) in [5.74, 6) is 0.00928. The minimum Gasteiger partial charge on any atom is -0.393 e. The van der Waals surface area contributed by atoms with Crippen LogP contribution in [0.4, 0.5) is 0 Å². The number of amides is 1. The van der Waals surface area contributed by atoms with Crippen molar-refractivity contribution < 1.29 is 9.53 Å². The molecule has 0 radical (unpaired) electrons. The highest BCUT2D eigenvalue weighted by Gasteiger charge is 2.27. The van der Waals surface area contributed by atoms with Crippen molar-refractivity contribution in [1.82, 2.24) is 10.2 Å². The van der Waals surface area contributed by atoms with Crippen LogP contribution in [0.15, 0.2) is 0 Å². The molecular weight excluding hydrogens is 226 g/mol. The van der Waals surface area contributed by atoms with Gasteiger partial charge in [-0.2, -0.15) is 0 Å². The number of nitrogens with zero attached hydrogens (tertiary/aromatic N) is 1. The Hall–Kier alpha value is -0.720. The second-order valence-corrected chi connectivity index (χ2v) is 4.34. The molecule has 0 spiro atoms. The third-order valence-electron chi connectivity index (χ3n) is 2.66. The molecule has 0 aromatic heterocycles. The number of rotatable bonds is 5. The molecule has 1 aliphatic rings. The third-order valence-corrected chi connectivity index (χ3v) is 2.86. The standard InChI is InChI=1S/C10H19N3O2S/c1-12-10(14)8-7-15-6-5-13(8)4-2-3-9(11)16/h8H,2-7H2,1H3,(H2,11,16)(H,12,14). The van der Waals surface area contributed by atoms with Gasteiger partial charge in [0.25, 0.3) is 0 Å². The van der Waals surface area contributed by atoms with Crippen molar-refractivity contribution in [1.29, 1.82) is 0 Å². The summed E-state index contributed by atoms with van der Waals surface area (Å²) in [5.41, 5.74) is 5.44. The number of ether oxygens (including phenoxy) is 1. The van der Waals surface area contributed by atoms with E-state index in [2.05, 4.69) is 10.2 Å². The lowest BCUT2D eigenvalue weighted by Crippen LogP contribution is -2.53. The average Bonchev–Trinajstić information content (AvgIpc) is 2.28. The second kappa shape index (κ2) is 6.78. The predicted molar refractivity (Wildman–Crippen MR) is 66.3 cm³/mol. The van der Waals surface area contributed by atoms with E-state index in [0.717, 1.165) is 25.9 Å². The number of morpholine rings is 1. The maximum absolute atomic E-state index is 11.6. The van der Waals surface area contributed by atoms with Gasteiger partial charge < -0.3 is 15.8 Å². The van der Waals surface area contributed by atoms with Crippen LogP contribution in [0.2, 0.25) is 0 Å². The monoisotopic (exact) mass is 245 g/mol. The van der Waals surface area contributed by atoms with Crippen LogP contribution in [-0.2, 0) is 9.53 Å². The first-order valence-electron chi connectivity index (χ1n) is 5.47. The number of hydrogen-bond acceptors (Lipinski definition) is 4. The van der Waals surface area contributed by atoms with Gasteiger partial charge in [-0.25, -0.2) is 0 Å². The lowest BCUT2D eigenvalue weighted by molar-refractivity contribution is -0.132. The van der Waals surface area contributed by atoms with Crippen molar-refractivity contribution in [2.75, 3.05) is 33.4 Å². The molecule has 1 aliphatic heterocycles. The summed E-state index contributed by atoms with van der Waals surface area (Å²) in [5, 5.41) is 2.65. The van der Waals surface area contributed by atoms with E-state index in [4.69, 9.17) is 22.7 Å². The Morgan fingerprint density at radius 1 is 1.69 bits per heavy atom. The van der Waals surface area contributed by atoms with Gasteiger partial charge in [-0.1, -0.05) is 12.2 Å². The zero-order chi connectivity index (χ0) is 12.0. The molecule has 0 aromatic rings. The van der Waals surface area contributed by atoms with Gasteiger partial charge in [0.05, 0.1) is 18.2 Å². The molecule has 1 heterocycles. The fraction of sp³-hybridized carbons (Fsp3) is 0.800. The number of carbonyl (C=O) groups excluding carboxylic acids is 1. The quantitative estimate of drug-likeness (QED) is 0.639. The molecule has 0 aromatic carbocycles. The van der Waals surface area contributed by atoms with Crippen molar-refractivity contribution in [3.63, 3.8) is 0 Å². The molecule has 1 unspecified atom stereocenters. The van der Waals surface area contributed by atoms with Gasteiger partial charge >= 0.3 is 0 Å². The Morgan fingerprint density at radius 2 is 2.44 bits per heavy atom. The maximum atomic E-state index is 11.6. The number of thiocarbonyl (C=S) groups is 1. The van der Waals surface area contributed by atoms with Crippen molar-refractivity contribution >= 4 is 23.1 Å². The molecule has 6 heteroatoms. The highest BCUT2D eigenvalue weighted by molar-refractivity contribution is 7.80. The van der Waals surface area contributed by atoms with Gasteiger partial charge in [-0.15, -0.1) is 0 Å². The molecule has 0 saturated carbocycles. The van der Waals surface area contributed by atoms with Crippen LogP contribution >= 0.6 is 12.2 Å². The minimum absolute atomic E-state index is 0.00928. The lowest BCUT2D eigenvalue weighted by atomic mass is 10.2. The Kier molecular flexibility index (Phi) is 5.65. The van der Waals surface area contributed by atoms with Crippen LogP contribution in [0.25, 0.3) is 0 Å². The normalized spacial score (nSPS) is 21.7. The van der Waals surface area contributed by atoms with Gasteiger partial charge in [-0.05, 0) is 19.4 Å². The molecule has 1 atom stereocenters. The maximum Gasteiger partial charge on any atom is 0.239 e. The summed E-state index contributed by atoms with van der Waals surface area (Å²) in [4.78, 5) is 14.2. The summed E-state index contributed by atoms with van der Waals surface area (Å²) in [6, 6.07) is -0.176. The van der Waals surface area contributed by atoms with Crippen molar-refractivity contribution in [3.8, 4) is 0 Å². The van der Waals surface area contributed by atoms with Crippen LogP contribution in [-0.4, -0.2) is 55.2 Å². The van der Waals surface area contributed by atoms with Crippen LogP contribution in [0.3, 0.4) is 0 Å². The Balaban J connectivity index is 2.40.